The standard InChI is InChI=1S/C51H93N9.C48H93N9O3/c1-19-25-31-55(40-34-46(7,8)58(28-22-4)47(9,10)35-40)43-52-44(56(32-26-20-2)41-36-48(11,12)59(29-23-5)49(13,14)37-41)54-45(53-43)57(33-27-21-3)42-38-50(15,16)60(30-24-6)51(17,18)39-42;1-16-19-22-52(37-31-43(4,5)55(25-28-58)44(6,7)32-37)40-49-41(53(23-20-17-2)38-33-45(8,9)56(26-29-59)46(10,11)34-38)51-42(50-40)54(24-21-18-3)39-35-47(12,13)57(27-30-60)48(14,15)36-39/h22-24,40-42H,4-6,19-21,25-39H2,1-3,7-18H3;37-39,58-60H,16-36H2,1-15H3. The molecule has 8 heterocycles. The van der Waals surface area contributed by atoms with Crippen molar-refractivity contribution in [3.8, 4) is 0 Å². The Kier molecular flexibility index (Phi) is 36.0. The molecule has 0 radical (unpaired) electrons. The van der Waals surface area contributed by atoms with Gasteiger partial charge in [0.15, 0.2) is 0 Å². The smallest absolute Gasteiger partial charge is 0.232 e. The number of likely N-dealkylation sites (tertiary alicyclic amines) is 6. The Labute approximate surface area is 736 Å². The molecule has 0 amide bonds. The van der Waals surface area contributed by atoms with Gasteiger partial charge in [-0.2, -0.15) is 29.9 Å². The highest BCUT2D eigenvalue weighted by Crippen LogP contribution is 2.50. The molecule has 8 rings (SSSR count). The fraction of sp³-hybridized carbons (Fsp3) is 0.879. The molecule has 6 fully saturated rings. The molecule has 2 aromatic rings. The number of anilines is 6. The highest BCUT2D eigenvalue weighted by Gasteiger charge is 2.54. The van der Waals surface area contributed by atoms with Crippen molar-refractivity contribution >= 4 is 35.7 Å². The third kappa shape index (κ3) is 24.7. The van der Waals surface area contributed by atoms with Crippen LogP contribution in [0.15, 0.2) is 38.0 Å². The molecular formula is C99H186N18O3. The van der Waals surface area contributed by atoms with E-state index in [1.54, 1.807) is 0 Å². The van der Waals surface area contributed by atoms with Gasteiger partial charge in [0.05, 0.1) is 19.8 Å². The van der Waals surface area contributed by atoms with Crippen molar-refractivity contribution in [3.05, 3.63) is 38.0 Å². The van der Waals surface area contributed by atoms with Gasteiger partial charge in [0.1, 0.15) is 0 Å². The van der Waals surface area contributed by atoms with Crippen LogP contribution in [0.1, 0.15) is 362 Å². The fourth-order valence-electron chi connectivity index (χ4n) is 25.0. The Bertz CT molecular complexity index is 3010. The second kappa shape index (κ2) is 42.1. The molecule has 6 aliphatic rings. The number of aliphatic hydroxyl groups is 3. The van der Waals surface area contributed by atoms with Crippen LogP contribution in [0.3, 0.4) is 0 Å². The number of hydrogen-bond donors (Lipinski definition) is 3. The van der Waals surface area contributed by atoms with Crippen LogP contribution >= 0.6 is 0 Å². The number of hydrogen-bond acceptors (Lipinski definition) is 21. The lowest BCUT2D eigenvalue weighted by Gasteiger charge is -2.57. The number of aliphatic hydroxyl groups excluding tert-OH is 3. The minimum atomic E-state index is -0.127. The van der Waals surface area contributed by atoms with E-state index in [2.05, 4.69) is 304 Å². The van der Waals surface area contributed by atoms with Gasteiger partial charge in [0.25, 0.3) is 0 Å². The summed E-state index contributed by atoms with van der Waals surface area (Å²) in [5.41, 5.74) is -0.861. The maximum absolute atomic E-state index is 10.2. The van der Waals surface area contributed by atoms with E-state index in [1.807, 2.05) is 0 Å². The first-order chi connectivity index (χ1) is 55.9. The highest BCUT2D eigenvalue weighted by atomic mass is 16.3. The summed E-state index contributed by atoms with van der Waals surface area (Å²) in [6.07, 6.45) is 31.2. The third-order valence-electron chi connectivity index (χ3n) is 29.4. The van der Waals surface area contributed by atoms with Gasteiger partial charge in [-0.3, -0.25) is 29.4 Å². The first-order valence-corrected chi connectivity index (χ1v) is 48.3. The summed E-state index contributed by atoms with van der Waals surface area (Å²) in [7, 11) is 0. The molecule has 2 aromatic heterocycles. The second-order valence-corrected chi connectivity index (χ2v) is 45.2. The summed E-state index contributed by atoms with van der Waals surface area (Å²) in [5, 5.41) is 30.5. The first-order valence-electron chi connectivity index (χ1n) is 48.3. The molecule has 0 saturated carbocycles. The summed E-state index contributed by atoms with van der Waals surface area (Å²) in [5.74, 6) is 4.99. The van der Waals surface area contributed by atoms with E-state index in [0.717, 1.165) is 249 Å². The normalized spacial score (nSPS) is 23.4. The lowest BCUT2D eigenvalue weighted by Crippen LogP contribution is -2.65. The molecule has 6 aliphatic heterocycles. The number of aromatic nitrogens is 6. The van der Waals surface area contributed by atoms with Gasteiger partial charge in [0.2, 0.25) is 35.7 Å². The van der Waals surface area contributed by atoms with Crippen molar-refractivity contribution in [1.82, 2.24) is 59.3 Å². The maximum Gasteiger partial charge on any atom is 0.232 e. The van der Waals surface area contributed by atoms with E-state index in [9.17, 15) is 15.3 Å². The van der Waals surface area contributed by atoms with Crippen molar-refractivity contribution in [2.24, 2.45) is 0 Å². The molecule has 21 heteroatoms. The molecule has 690 valence electrons. The molecule has 0 aliphatic carbocycles. The molecule has 0 unspecified atom stereocenters. The van der Waals surface area contributed by atoms with E-state index in [1.165, 1.54) is 0 Å². The lowest BCUT2D eigenvalue weighted by atomic mass is 9.76. The van der Waals surface area contributed by atoms with Crippen LogP contribution in [-0.2, 0) is 0 Å². The van der Waals surface area contributed by atoms with Gasteiger partial charge in [-0.1, -0.05) is 98.3 Å². The van der Waals surface area contributed by atoms with Crippen LogP contribution in [0.5, 0.6) is 0 Å². The molecule has 0 bridgehead atoms. The number of unbranched alkanes of at least 4 members (excludes halogenated alkanes) is 6. The van der Waals surface area contributed by atoms with Gasteiger partial charge in [0, 0.05) is 181 Å². The van der Waals surface area contributed by atoms with Crippen molar-refractivity contribution < 1.29 is 15.3 Å². The largest absolute Gasteiger partial charge is 0.395 e. The second-order valence-electron chi connectivity index (χ2n) is 45.2. The van der Waals surface area contributed by atoms with Gasteiger partial charge in [-0.15, -0.1) is 19.7 Å². The molecule has 0 atom stereocenters. The maximum atomic E-state index is 10.2. The van der Waals surface area contributed by atoms with Crippen LogP contribution in [0.2, 0.25) is 0 Å². The summed E-state index contributed by atoms with van der Waals surface area (Å²) >= 11 is 0. The van der Waals surface area contributed by atoms with E-state index >= 15 is 0 Å². The van der Waals surface area contributed by atoms with Gasteiger partial charge >= 0.3 is 0 Å². The Morgan fingerprint density at radius 1 is 0.250 bits per heavy atom. The van der Waals surface area contributed by atoms with Crippen molar-refractivity contribution in [1.29, 1.82) is 0 Å². The predicted molar refractivity (Wildman–Crippen MR) is 512 cm³/mol. The van der Waals surface area contributed by atoms with Crippen LogP contribution in [0, 0.1) is 0 Å². The van der Waals surface area contributed by atoms with Gasteiger partial charge in [-0.25, -0.2) is 0 Å². The number of rotatable bonds is 42. The number of β-amino-alcohol motifs (C(OH)–C–C–N with tert-alkyl or cyclic N) is 3. The molecule has 0 spiro atoms. The van der Waals surface area contributed by atoms with Gasteiger partial charge in [-0.05, 0) is 282 Å². The fourth-order valence-corrected chi connectivity index (χ4v) is 25.0. The van der Waals surface area contributed by atoms with Gasteiger partial charge < -0.3 is 44.7 Å². The molecule has 0 aromatic carbocycles. The highest BCUT2D eigenvalue weighted by molar-refractivity contribution is 5.52. The van der Waals surface area contributed by atoms with Crippen LogP contribution in [0.4, 0.5) is 35.7 Å². The van der Waals surface area contributed by atoms with Crippen LogP contribution in [-0.4, -0.2) is 276 Å². The summed E-state index contributed by atoms with van der Waals surface area (Å²) < 4.78 is 0. The SMILES string of the molecule is C=CCN1C(C)(C)CC(N(CCCC)c2nc(N(CCCC)C3CC(C)(C)N(CC=C)C(C)(C)C3)nc(N(CCCC)C3CC(C)(C)N(CC=C)C(C)(C)C3)n2)CC1(C)C.CCCCN(c1nc(N(CCCC)C2CC(C)(C)N(CCO)C(C)(C)C2)nc(N(CCCC)C2CC(C)(C)N(CCO)C(C)(C)C2)n1)C1CC(C)(C)N(CCO)C(C)(C)C1. The topological polar surface area (TPSA) is 177 Å². The van der Waals surface area contributed by atoms with E-state index < -0.39 is 0 Å². The molecule has 21 nitrogen and oxygen atoms in total. The zero-order valence-electron chi connectivity index (χ0n) is 83.3. The zero-order chi connectivity index (χ0) is 89.8. The molecule has 3 N–H and O–H groups in total. The third-order valence-corrected chi connectivity index (χ3v) is 29.4. The quantitative estimate of drug-likeness (QED) is 0.0534. The first kappa shape index (κ1) is 103. The van der Waals surface area contributed by atoms with Crippen molar-refractivity contribution in [3.63, 3.8) is 0 Å². The molecule has 6 saturated heterocycles. The minimum Gasteiger partial charge on any atom is -0.395 e. The summed E-state index contributed by atoms with van der Waals surface area (Å²) in [4.78, 5) is 65.2. The van der Waals surface area contributed by atoms with Crippen molar-refractivity contribution in [2.45, 2.75) is 465 Å². The Balaban J connectivity index is 0.000000331. The summed E-state index contributed by atoms with van der Waals surface area (Å²) in [6, 6.07) is 1.52. The monoisotopic (exact) mass is 1680 g/mol. The Hall–Kier alpha value is -4.32. The van der Waals surface area contributed by atoms with Crippen molar-refractivity contribution in [2.75, 3.05) is 128 Å². The molecule has 120 heavy (non-hydrogen) atoms. The average Bonchev–Trinajstić information content (AvgIpc) is 0.763. The van der Waals surface area contributed by atoms with E-state index in [4.69, 9.17) is 29.9 Å². The van der Waals surface area contributed by atoms with E-state index in [0.29, 0.717) is 37.8 Å². The lowest BCUT2D eigenvalue weighted by molar-refractivity contribution is -0.0450. The number of piperidine rings is 6. The Morgan fingerprint density at radius 3 is 0.483 bits per heavy atom. The van der Waals surface area contributed by atoms with Crippen LogP contribution < -0.4 is 29.4 Å². The zero-order valence-corrected chi connectivity index (χ0v) is 83.3. The number of nitrogens with zero attached hydrogens (tertiary/aromatic N) is 18. The summed E-state index contributed by atoms with van der Waals surface area (Å²) in [6.45, 7) is 94.0. The Morgan fingerprint density at radius 2 is 0.375 bits per heavy atom. The molecular weight excluding hydrogens is 1490 g/mol. The predicted octanol–water partition coefficient (Wildman–Crippen LogP) is 19.0. The minimum absolute atomic E-state index is 0.0166. The van der Waals surface area contributed by atoms with Crippen LogP contribution in [0.25, 0.3) is 0 Å². The van der Waals surface area contributed by atoms with E-state index in [-0.39, 0.29) is 104 Å². The average molecular weight is 1680 g/mol.